The van der Waals surface area contributed by atoms with Crippen molar-refractivity contribution in [3.05, 3.63) is 35.9 Å². The van der Waals surface area contributed by atoms with Crippen LogP contribution in [0.25, 0.3) is 0 Å². The highest BCUT2D eigenvalue weighted by atomic mass is 16.5. The van der Waals surface area contributed by atoms with Gasteiger partial charge in [0.2, 0.25) is 0 Å². The van der Waals surface area contributed by atoms with Crippen LogP contribution in [0.4, 0.5) is 0 Å². The number of carboxylic acids is 1. The van der Waals surface area contributed by atoms with E-state index in [4.69, 9.17) is 4.74 Å². The van der Waals surface area contributed by atoms with E-state index >= 15 is 0 Å². The normalized spacial score (nSPS) is 12.4. The zero-order valence-electron chi connectivity index (χ0n) is 18.3. The molecule has 0 heterocycles. The molecule has 0 radical (unpaired) electrons. The molecule has 0 aromatic heterocycles. The molecule has 0 amide bonds. The average Bonchev–Trinajstić information content (AvgIpc) is 2.70. The van der Waals surface area contributed by atoms with E-state index in [2.05, 4.69) is 13.8 Å². The number of benzene rings is 1. The Hall–Kier alpha value is -1.84. The van der Waals surface area contributed by atoms with E-state index in [1.165, 1.54) is 12.8 Å². The standard InChI is InChI=1S/C15H22O2.C9H18O2/c1-3-5-9-12-15(4-2,14(16)17)13-10-7-6-8-11-13;1-3-5-6-7-8-9(10)11-4-2/h6-8,10-11H,3-5,9,12H2,1-2H3,(H,16,17);3-8H2,1-2H3. The molecule has 0 aliphatic heterocycles. The van der Waals surface area contributed by atoms with Crippen LogP contribution in [0, 0.1) is 0 Å². The van der Waals surface area contributed by atoms with Gasteiger partial charge in [0.1, 0.15) is 0 Å². The lowest BCUT2D eigenvalue weighted by molar-refractivity contribution is -0.145. The van der Waals surface area contributed by atoms with Gasteiger partial charge in [0.05, 0.1) is 12.0 Å². The lowest BCUT2D eigenvalue weighted by atomic mass is 9.74. The number of ether oxygens (including phenoxy) is 1. The molecule has 0 saturated carbocycles. The van der Waals surface area contributed by atoms with Crippen LogP contribution in [-0.2, 0) is 19.7 Å². The monoisotopic (exact) mass is 392 g/mol. The molecule has 1 aromatic carbocycles. The molecule has 160 valence electrons. The molecule has 0 spiro atoms. The molecule has 1 unspecified atom stereocenters. The summed E-state index contributed by atoms with van der Waals surface area (Å²) in [7, 11) is 0. The second-order valence-electron chi connectivity index (χ2n) is 7.18. The largest absolute Gasteiger partial charge is 0.481 e. The molecule has 1 N–H and O–H groups in total. The van der Waals surface area contributed by atoms with Crippen LogP contribution in [0.5, 0.6) is 0 Å². The molecule has 0 bridgehead atoms. The summed E-state index contributed by atoms with van der Waals surface area (Å²) in [6.45, 7) is 8.60. The molecular formula is C24H40O4. The van der Waals surface area contributed by atoms with E-state index in [0.29, 0.717) is 19.4 Å². The smallest absolute Gasteiger partial charge is 0.314 e. The van der Waals surface area contributed by atoms with Crippen molar-refractivity contribution in [1.82, 2.24) is 0 Å². The van der Waals surface area contributed by atoms with Crippen molar-refractivity contribution >= 4 is 11.9 Å². The van der Waals surface area contributed by atoms with Gasteiger partial charge in [-0.1, -0.05) is 89.6 Å². The van der Waals surface area contributed by atoms with Crippen LogP contribution >= 0.6 is 0 Å². The van der Waals surface area contributed by atoms with Gasteiger partial charge in [0, 0.05) is 6.42 Å². The number of unbranched alkanes of at least 4 members (excludes halogenated alkanes) is 5. The third kappa shape index (κ3) is 9.91. The van der Waals surface area contributed by atoms with Gasteiger partial charge in [0.15, 0.2) is 0 Å². The van der Waals surface area contributed by atoms with Crippen molar-refractivity contribution in [3.8, 4) is 0 Å². The summed E-state index contributed by atoms with van der Waals surface area (Å²) in [4.78, 5) is 22.4. The van der Waals surface area contributed by atoms with Gasteiger partial charge >= 0.3 is 11.9 Å². The number of aliphatic carboxylic acids is 1. The van der Waals surface area contributed by atoms with Crippen molar-refractivity contribution in [1.29, 1.82) is 0 Å². The first-order valence-corrected chi connectivity index (χ1v) is 10.9. The second kappa shape index (κ2) is 16.1. The molecule has 4 nitrogen and oxygen atoms in total. The first-order valence-electron chi connectivity index (χ1n) is 10.9. The highest BCUT2D eigenvalue weighted by molar-refractivity contribution is 5.81. The lowest BCUT2D eigenvalue weighted by Gasteiger charge is -2.28. The minimum atomic E-state index is -0.698. The molecule has 0 aliphatic carbocycles. The summed E-state index contributed by atoms with van der Waals surface area (Å²) in [5.74, 6) is -0.745. The SMILES string of the molecule is CCCCCC(CC)(C(=O)O)c1ccccc1.CCCCCCC(=O)OCC. The predicted octanol–water partition coefficient (Wildman–Crippen LogP) is 6.52. The van der Waals surface area contributed by atoms with Crippen molar-refractivity contribution in [3.63, 3.8) is 0 Å². The van der Waals surface area contributed by atoms with Gasteiger partial charge in [0.25, 0.3) is 0 Å². The number of hydrogen-bond donors (Lipinski definition) is 1. The summed E-state index contributed by atoms with van der Waals surface area (Å²) in [5, 5.41) is 9.58. The van der Waals surface area contributed by atoms with E-state index in [1.807, 2.05) is 44.2 Å². The number of hydrogen-bond acceptors (Lipinski definition) is 3. The molecule has 1 aromatic rings. The van der Waals surface area contributed by atoms with E-state index < -0.39 is 11.4 Å². The number of esters is 1. The Morgan fingerprint density at radius 3 is 2.00 bits per heavy atom. The molecule has 4 heteroatoms. The van der Waals surface area contributed by atoms with Gasteiger partial charge in [-0.25, -0.2) is 0 Å². The maximum Gasteiger partial charge on any atom is 0.314 e. The quantitative estimate of drug-likeness (QED) is 0.306. The molecule has 28 heavy (non-hydrogen) atoms. The Balaban J connectivity index is 0.000000576. The van der Waals surface area contributed by atoms with Crippen molar-refractivity contribution < 1.29 is 19.4 Å². The minimum Gasteiger partial charge on any atom is -0.481 e. The highest BCUT2D eigenvalue weighted by Crippen LogP contribution is 2.34. The Morgan fingerprint density at radius 2 is 1.50 bits per heavy atom. The van der Waals surface area contributed by atoms with Crippen LogP contribution in [0.15, 0.2) is 30.3 Å². The number of carboxylic acid groups (broad SMARTS) is 1. The number of rotatable bonds is 13. The second-order valence-corrected chi connectivity index (χ2v) is 7.18. The summed E-state index contributed by atoms with van der Waals surface area (Å²) >= 11 is 0. The third-order valence-electron chi connectivity index (χ3n) is 5.09. The van der Waals surface area contributed by atoms with Crippen LogP contribution in [0.3, 0.4) is 0 Å². The third-order valence-corrected chi connectivity index (χ3v) is 5.09. The van der Waals surface area contributed by atoms with Crippen LogP contribution < -0.4 is 0 Å². The Morgan fingerprint density at radius 1 is 0.893 bits per heavy atom. The topological polar surface area (TPSA) is 63.6 Å². The molecular weight excluding hydrogens is 352 g/mol. The number of carbonyl (C=O) groups excluding carboxylic acids is 1. The molecule has 0 saturated heterocycles. The van der Waals surface area contributed by atoms with E-state index in [1.54, 1.807) is 0 Å². The number of carbonyl (C=O) groups is 2. The fourth-order valence-corrected chi connectivity index (χ4v) is 3.27. The molecule has 1 atom stereocenters. The maximum absolute atomic E-state index is 11.6. The predicted molar refractivity (Wildman–Crippen MR) is 116 cm³/mol. The fraction of sp³-hybridized carbons (Fsp3) is 0.667. The van der Waals surface area contributed by atoms with E-state index in [9.17, 15) is 14.7 Å². The first-order chi connectivity index (χ1) is 13.5. The van der Waals surface area contributed by atoms with Crippen molar-refractivity contribution in [2.24, 2.45) is 0 Å². The van der Waals surface area contributed by atoms with E-state index in [-0.39, 0.29) is 5.97 Å². The average molecular weight is 393 g/mol. The maximum atomic E-state index is 11.6. The Kier molecular flexibility index (Phi) is 15.1. The van der Waals surface area contributed by atoms with Gasteiger partial charge in [-0.05, 0) is 31.7 Å². The van der Waals surface area contributed by atoms with Gasteiger partial charge < -0.3 is 9.84 Å². The van der Waals surface area contributed by atoms with Crippen molar-refractivity contribution in [2.75, 3.05) is 6.61 Å². The zero-order chi connectivity index (χ0) is 21.3. The summed E-state index contributed by atoms with van der Waals surface area (Å²) < 4.78 is 4.78. The Labute approximate surface area is 171 Å². The molecule has 1 rings (SSSR count). The zero-order valence-corrected chi connectivity index (χ0v) is 18.3. The van der Waals surface area contributed by atoms with Gasteiger partial charge in [-0.2, -0.15) is 0 Å². The minimum absolute atomic E-state index is 0.0522. The molecule has 0 aliphatic rings. The van der Waals surface area contributed by atoms with Gasteiger partial charge in [-0.15, -0.1) is 0 Å². The van der Waals surface area contributed by atoms with Crippen molar-refractivity contribution in [2.45, 2.75) is 97.3 Å². The van der Waals surface area contributed by atoms with Crippen LogP contribution in [0.1, 0.15) is 97.5 Å². The summed E-state index contributed by atoms with van der Waals surface area (Å²) in [6.07, 6.45) is 9.73. The molecule has 0 fully saturated rings. The lowest BCUT2D eigenvalue weighted by Crippen LogP contribution is -2.35. The van der Waals surface area contributed by atoms with Gasteiger partial charge in [-0.3, -0.25) is 9.59 Å². The van der Waals surface area contributed by atoms with Crippen LogP contribution in [0.2, 0.25) is 0 Å². The fourth-order valence-electron chi connectivity index (χ4n) is 3.27. The van der Waals surface area contributed by atoms with E-state index in [0.717, 1.165) is 44.1 Å². The van der Waals surface area contributed by atoms with Crippen LogP contribution in [-0.4, -0.2) is 23.7 Å². The highest BCUT2D eigenvalue weighted by Gasteiger charge is 2.37. The summed E-state index contributed by atoms with van der Waals surface area (Å²) in [6, 6.07) is 9.63. The first kappa shape index (κ1) is 26.2. The summed E-state index contributed by atoms with van der Waals surface area (Å²) in [5.41, 5.74) is 0.238. The Bertz CT molecular complexity index is 527.